The van der Waals surface area contributed by atoms with Gasteiger partial charge in [0, 0.05) is 13.2 Å². The Hall–Kier alpha value is -0.650. The number of ether oxygens (including phenoxy) is 1. The highest BCUT2D eigenvalue weighted by molar-refractivity contribution is 5.81. The molecule has 0 saturated carbocycles. The van der Waals surface area contributed by atoms with E-state index in [1.54, 1.807) is 0 Å². The first-order chi connectivity index (χ1) is 8.07. The molecule has 1 atom stereocenters. The third-order valence-corrected chi connectivity index (χ3v) is 2.23. The fraction of sp³-hybridized carbons (Fsp3) is 0.917. The molecule has 0 aliphatic rings. The second kappa shape index (κ2) is 10.5. The van der Waals surface area contributed by atoms with Gasteiger partial charge in [0.05, 0.1) is 19.3 Å². The minimum atomic E-state index is -0.174. The quantitative estimate of drug-likeness (QED) is 0.479. The van der Waals surface area contributed by atoms with Crippen LogP contribution in [0.2, 0.25) is 0 Å². The lowest BCUT2D eigenvalue weighted by Crippen LogP contribution is -2.43. The van der Waals surface area contributed by atoms with E-state index in [1.165, 1.54) is 0 Å². The summed E-state index contributed by atoms with van der Waals surface area (Å²) in [6.07, 6.45) is 0.835. The highest BCUT2D eigenvalue weighted by atomic mass is 16.5. The number of carbonyl (C=O) groups excluding carboxylic acids is 1. The topological polar surface area (TPSA) is 70.6 Å². The van der Waals surface area contributed by atoms with E-state index in [4.69, 9.17) is 9.84 Å². The Kier molecular flexibility index (Phi) is 10.1. The lowest BCUT2D eigenvalue weighted by atomic mass is 10.2. The Morgan fingerprint density at radius 2 is 2.00 bits per heavy atom. The van der Waals surface area contributed by atoms with Crippen LogP contribution in [-0.2, 0) is 9.53 Å². The van der Waals surface area contributed by atoms with Crippen LogP contribution in [0, 0.1) is 5.92 Å². The van der Waals surface area contributed by atoms with Crippen molar-refractivity contribution in [2.24, 2.45) is 5.92 Å². The van der Waals surface area contributed by atoms with E-state index in [0.29, 0.717) is 25.7 Å². The van der Waals surface area contributed by atoms with Crippen molar-refractivity contribution >= 4 is 5.91 Å². The summed E-state index contributed by atoms with van der Waals surface area (Å²) in [4.78, 5) is 11.6. The van der Waals surface area contributed by atoms with Gasteiger partial charge in [-0.1, -0.05) is 13.8 Å². The van der Waals surface area contributed by atoms with E-state index in [1.807, 2.05) is 6.92 Å². The predicted molar refractivity (Wildman–Crippen MR) is 67.8 cm³/mol. The van der Waals surface area contributed by atoms with Crippen molar-refractivity contribution in [3.8, 4) is 0 Å². The van der Waals surface area contributed by atoms with Crippen LogP contribution < -0.4 is 10.6 Å². The molecule has 5 nitrogen and oxygen atoms in total. The molecule has 17 heavy (non-hydrogen) atoms. The molecule has 1 unspecified atom stereocenters. The number of hydrogen-bond acceptors (Lipinski definition) is 4. The molecule has 0 aromatic carbocycles. The van der Waals surface area contributed by atoms with Crippen LogP contribution in [0.15, 0.2) is 0 Å². The molecule has 5 heteroatoms. The number of hydrogen-bond donors (Lipinski definition) is 3. The Morgan fingerprint density at radius 3 is 2.59 bits per heavy atom. The molecule has 0 spiro atoms. The Labute approximate surface area is 104 Å². The minimum absolute atomic E-state index is 0.0370. The normalized spacial score (nSPS) is 12.8. The Balaban J connectivity index is 3.44. The molecule has 0 fully saturated rings. The summed E-state index contributed by atoms with van der Waals surface area (Å²) >= 11 is 0. The van der Waals surface area contributed by atoms with Crippen molar-refractivity contribution in [1.82, 2.24) is 10.6 Å². The second-order valence-electron chi connectivity index (χ2n) is 4.50. The van der Waals surface area contributed by atoms with Crippen molar-refractivity contribution < 1.29 is 14.6 Å². The first-order valence-corrected chi connectivity index (χ1v) is 6.27. The van der Waals surface area contributed by atoms with E-state index in [9.17, 15) is 4.79 Å². The average molecular weight is 246 g/mol. The molecule has 0 heterocycles. The van der Waals surface area contributed by atoms with Gasteiger partial charge in [-0.05, 0) is 25.8 Å². The number of nitrogens with one attached hydrogen (secondary N) is 2. The monoisotopic (exact) mass is 246 g/mol. The summed E-state index contributed by atoms with van der Waals surface area (Å²) in [5.41, 5.74) is 0. The molecule has 0 aliphatic carbocycles. The molecule has 1 amide bonds. The minimum Gasteiger partial charge on any atom is -0.394 e. The average Bonchev–Trinajstić information content (AvgIpc) is 2.30. The zero-order valence-electron chi connectivity index (χ0n) is 11.2. The molecule has 102 valence electrons. The zero-order valence-corrected chi connectivity index (χ0v) is 11.2. The van der Waals surface area contributed by atoms with Crippen LogP contribution in [0.5, 0.6) is 0 Å². The van der Waals surface area contributed by atoms with E-state index in [2.05, 4.69) is 24.5 Å². The molecule has 0 aromatic rings. The van der Waals surface area contributed by atoms with Crippen LogP contribution in [-0.4, -0.2) is 50.0 Å². The van der Waals surface area contributed by atoms with Gasteiger partial charge in [-0.25, -0.2) is 0 Å². The molecule has 3 N–H and O–H groups in total. The van der Waals surface area contributed by atoms with Gasteiger partial charge in [-0.15, -0.1) is 0 Å². The van der Waals surface area contributed by atoms with Gasteiger partial charge >= 0.3 is 0 Å². The molecule has 0 bridgehead atoms. The maximum absolute atomic E-state index is 11.6. The van der Waals surface area contributed by atoms with E-state index in [-0.39, 0.29) is 18.6 Å². The third kappa shape index (κ3) is 10.2. The Bertz CT molecular complexity index is 198. The molecule has 0 rings (SSSR count). The van der Waals surface area contributed by atoms with Crippen LogP contribution in [0.3, 0.4) is 0 Å². The lowest BCUT2D eigenvalue weighted by Gasteiger charge is -2.15. The first kappa shape index (κ1) is 16.4. The fourth-order valence-electron chi connectivity index (χ4n) is 1.21. The highest BCUT2D eigenvalue weighted by Crippen LogP contribution is 1.90. The summed E-state index contributed by atoms with van der Waals surface area (Å²) < 4.78 is 5.11. The van der Waals surface area contributed by atoms with Crippen molar-refractivity contribution in [3.63, 3.8) is 0 Å². The van der Waals surface area contributed by atoms with Gasteiger partial charge in [0.1, 0.15) is 0 Å². The number of rotatable bonds is 10. The summed E-state index contributed by atoms with van der Waals surface area (Å²) in [7, 11) is 0. The van der Waals surface area contributed by atoms with E-state index < -0.39 is 0 Å². The maximum atomic E-state index is 11.6. The van der Waals surface area contributed by atoms with Crippen LogP contribution in [0.1, 0.15) is 27.2 Å². The van der Waals surface area contributed by atoms with E-state index in [0.717, 1.165) is 13.0 Å². The van der Waals surface area contributed by atoms with Gasteiger partial charge in [0.25, 0.3) is 0 Å². The van der Waals surface area contributed by atoms with Crippen molar-refractivity contribution in [2.45, 2.75) is 33.2 Å². The number of aliphatic hydroxyl groups is 1. The smallest absolute Gasteiger partial charge is 0.236 e. The van der Waals surface area contributed by atoms with Crippen molar-refractivity contribution in [2.75, 3.05) is 32.9 Å². The fourth-order valence-corrected chi connectivity index (χ4v) is 1.21. The van der Waals surface area contributed by atoms with Gasteiger partial charge in [-0.3, -0.25) is 4.79 Å². The standard InChI is InChI=1S/C12H26N2O3/c1-10(2)9-14-12(16)11(3)13-5-4-7-17-8-6-15/h10-11,13,15H,4-9H2,1-3H3,(H,14,16). The van der Waals surface area contributed by atoms with Crippen LogP contribution in [0.4, 0.5) is 0 Å². The molecule has 0 aromatic heterocycles. The largest absolute Gasteiger partial charge is 0.394 e. The molecular weight excluding hydrogens is 220 g/mol. The number of aliphatic hydroxyl groups excluding tert-OH is 1. The van der Waals surface area contributed by atoms with Crippen molar-refractivity contribution in [1.29, 1.82) is 0 Å². The molecule has 0 saturated heterocycles. The first-order valence-electron chi connectivity index (χ1n) is 6.27. The highest BCUT2D eigenvalue weighted by Gasteiger charge is 2.11. The van der Waals surface area contributed by atoms with Gasteiger partial charge < -0.3 is 20.5 Å². The van der Waals surface area contributed by atoms with Gasteiger partial charge in [-0.2, -0.15) is 0 Å². The van der Waals surface area contributed by atoms with Gasteiger partial charge in [0.2, 0.25) is 5.91 Å². The number of amides is 1. The van der Waals surface area contributed by atoms with Crippen LogP contribution >= 0.6 is 0 Å². The zero-order chi connectivity index (χ0) is 13.1. The summed E-state index contributed by atoms with van der Waals surface area (Å²) in [6, 6.07) is -0.174. The summed E-state index contributed by atoms with van der Waals surface area (Å²) in [5, 5.41) is 14.5. The van der Waals surface area contributed by atoms with E-state index >= 15 is 0 Å². The Morgan fingerprint density at radius 1 is 1.29 bits per heavy atom. The lowest BCUT2D eigenvalue weighted by molar-refractivity contribution is -0.122. The molecule has 0 radical (unpaired) electrons. The van der Waals surface area contributed by atoms with Crippen LogP contribution in [0.25, 0.3) is 0 Å². The molecule has 0 aliphatic heterocycles. The second-order valence-corrected chi connectivity index (χ2v) is 4.50. The summed E-state index contributed by atoms with van der Waals surface area (Å²) in [6.45, 7) is 8.48. The summed E-state index contributed by atoms with van der Waals surface area (Å²) in [5.74, 6) is 0.507. The maximum Gasteiger partial charge on any atom is 0.236 e. The third-order valence-electron chi connectivity index (χ3n) is 2.23. The van der Waals surface area contributed by atoms with Crippen molar-refractivity contribution in [3.05, 3.63) is 0 Å². The van der Waals surface area contributed by atoms with Gasteiger partial charge in [0.15, 0.2) is 0 Å². The number of carbonyl (C=O) groups is 1. The SMILES string of the molecule is CC(C)CNC(=O)C(C)NCCCOCCO. The predicted octanol–water partition coefficient (Wildman–Crippen LogP) is 0.136. The molecular formula is C12H26N2O3.